The lowest BCUT2D eigenvalue weighted by molar-refractivity contribution is -0.138. The molecule has 0 aromatic heterocycles. The first kappa shape index (κ1) is 17.4. The number of hydrogen-bond acceptors (Lipinski definition) is 4. The van der Waals surface area contributed by atoms with Gasteiger partial charge in [-0.05, 0) is 31.2 Å². The van der Waals surface area contributed by atoms with E-state index in [1.165, 1.54) is 0 Å². The van der Waals surface area contributed by atoms with Crippen molar-refractivity contribution in [1.82, 2.24) is 9.80 Å². The molecule has 0 radical (unpaired) electrons. The molecule has 5 heteroatoms. The van der Waals surface area contributed by atoms with Crippen molar-refractivity contribution >= 4 is 5.91 Å². The molecule has 0 bridgehead atoms. The van der Waals surface area contributed by atoms with Crippen molar-refractivity contribution in [2.45, 2.75) is 25.3 Å². The molecule has 24 heavy (non-hydrogen) atoms. The van der Waals surface area contributed by atoms with E-state index in [1.54, 1.807) is 0 Å². The Balaban J connectivity index is 1.53. The number of ether oxygens (including phenoxy) is 1. The van der Waals surface area contributed by atoms with Crippen molar-refractivity contribution in [1.29, 1.82) is 0 Å². The van der Waals surface area contributed by atoms with Gasteiger partial charge in [-0.3, -0.25) is 9.69 Å². The Bertz CT molecular complexity index is 533. The van der Waals surface area contributed by atoms with Gasteiger partial charge in [0.15, 0.2) is 0 Å². The highest BCUT2D eigenvalue weighted by atomic mass is 16.5. The van der Waals surface area contributed by atoms with Crippen LogP contribution in [0.4, 0.5) is 0 Å². The maximum Gasteiger partial charge on any atom is 0.246 e. The summed E-state index contributed by atoms with van der Waals surface area (Å²) in [5, 5.41) is 0. The summed E-state index contributed by atoms with van der Waals surface area (Å²) in [6.07, 6.45) is 2.13. The normalized spacial score (nSPS) is 23.0. The molecule has 132 valence electrons. The maximum absolute atomic E-state index is 12.9. The second-order valence-corrected chi connectivity index (χ2v) is 7.22. The molecule has 1 unspecified atom stereocenters. The summed E-state index contributed by atoms with van der Waals surface area (Å²) in [4.78, 5) is 17.3. The Kier molecular flexibility index (Phi) is 5.54. The summed E-state index contributed by atoms with van der Waals surface area (Å²) >= 11 is 0. The summed E-state index contributed by atoms with van der Waals surface area (Å²) in [7, 11) is 0. The van der Waals surface area contributed by atoms with Crippen molar-refractivity contribution in [2.24, 2.45) is 11.7 Å². The molecular weight excluding hydrogens is 302 g/mol. The minimum absolute atomic E-state index is 0.0403. The van der Waals surface area contributed by atoms with Gasteiger partial charge in [0.1, 0.15) is 5.54 Å². The zero-order valence-electron chi connectivity index (χ0n) is 14.6. The van der Waals surface area contributed by atoms with Crippen molar-refractivity contribution in [3.63, 3.8) is 0 Å². The molecule has 2 fully saturated rings. The van der Waals surface area contributed by atoms with Gasteiger partial charge in [0, 0.05) is 32.7 Å². The highest BCUT2D eigenvalue weighted by Crippen LogP contribution is 2.25. The number of nitrogens with two attached hydrogens (primary N) is 1. The van der Waals surface area contributed by atoms with E-state index in [9.17, 15) is 4.79 Å². The molecular formula is C19H29N3O2. The van der Waals surface area contributed by atoms with Gasteiger partial charge in [-0.1, -0.05) is 30.3 Å². The number of morpholine rings is 1. The second-order valence-electron chi connectivity index (χ2n) is 7.22. The monoisotopic (exact) mass is 331 g/mol. The van der Waals surface area contributed by atoms with Gasteiger partial charge in [0.25, 0.3) is 0 Å². The van der Waals surface area contributed by atoms with Gasteiger partial charge in [-0.25, -0.2) is 0 Å². The van der Waals surface area contributed by atoms with Crippen LogP contribution in [0.2, 0.25) is 0 Å². The lowest BCUT2D eigenvalue weighted by Crippen LogP contribution is -2.53. The SMILES string of the molecule is CC(N)(C(=O)N1CCC(CN2CCOCC2)CC1)c1ccccc1. The number of amides is 1. The van der Waals surface area contributed by atoms with Crippen molar-refractivity contribution in [2.75, 3.05) is 45.9 Å². The van der Waals surface area contributed by atoms with Gasteiger partial charge < -0.3 is 15.4 Å². The van der Waals surface area contributed by atoms with Crippen LogP contribution in [0, 0.1) is 5.92 Å². The zero-order valence-corrected chi connectivity index (χ0v) is 14.6. The number of carbonyl (C=O) groups excluding carboxylic acids is 1. The molecule has 2 N–H and O–H groups in total. The van der Waals surface area contributed by atoms with Crippen LogP contribution in [0.5, 0.6) is 0 Å². The number of hydrogen-bond donors (Lipinski definition) is 1. The standard InChI is InChI=1S/C19H29N3O2/c1-19(20,17-5-3-2-4-6-17)18(23)22-9-7-16(8-10-22)15-21-11-13-24-14-12-21/h2-6,16H,7-15,20H2,1H3. The number of piperidine rings is 1. The van der Waals surface area contributed by atoms with E-state index >= 15 is 0 Å². The first-order valence-corrected chi connectivity index (χ1v) is 9.01. The largest absolute Gasteiger partial charge is 0.379 e. The van der Waals surface area contributed by atoms with Crippen LogP contribution in [0.3, 0.4) is 0 Å². The van der Waals surface area contributed by atoms with E-state index < -0.39 is 5.54 Å². The molecule has 0 spiro atoms. The molecule has 0 saturated carbocycles. The van der Waals surface area contributed by atoms with E-state index in [0.29, 0.717) is 5.92 Å². The predicted octanol–water partition coefficient (Wildman–Crippen LogP) is 1.43. The fraction of sp³-hybridized carbons (Fsp3) is 0.632. The average Bonchev–Trinajstić information content (AvgIpc) is 2.63. The van der Waals surface area contributed by atoms with Crippen molar-refractivity contribution in [3.05, 3.63) is 35.9 Å². The molecule has 2 aliphatic heterocycles. The van der Waals surface area contributed by atoms with E-state index in [4.69, 9.17) is 10.5 Å². The van der Waals surface area contributed by atoms with E-state index in [0.717, 1.165) is 64.3 Å². The second kappa shape index (κ2) is 7.64. The molecule has 3 rings (SSSR count). The molecule has 1 aromatic carbocycles. The predicted molar refractivity (Wildman–Crippen MR) is 94.5 cm³/mol. The third-order valence-electron chi connectivity index (χ3n) is 5.34. The number of likely N-dealkylation sites (tertiary alicyclic amines) is 1. The Hall–Kier alpha value is -1.43. The van der Waals surface area contributed by atoms with Crippen LogP contribution in [-0.4, -0.2) is 61.6 Å². The average molecular weight is 331 g/mol. The van der Waals surface area contributed by atoms with Crippen molar-refractivity contribution in [3.8, 4) is 0 Å². The van der Waals surface area contributed by atoms with Gasteiger partial charge in [-0.2, -0.15) is 0 Å². The maximum atomic E-state index is 12.9. The van der Waals surface area contributed by atoms with E-state index in [-0.39, 0.29) is 5.91 Å². The quantitative estimate of drug-likeness (QED) is 0.907. The topological polar surface area (TPSA) is 58.8 Å². The Morgan fingerprint density at radius 1 is 1.17 bits per heavy atom. The zero-order chi connectivity index (χ0) is 17.0. The van der Waals surface area contributed by atoms with Crippen LogP contribution in [0.25, 0.3) is 0 Å². The summed E-state index contributed by atoms with van der Waals surface area (Å²) in [5.74, 6) is 0.714. The molecule has 5 nitrogen and oxygen atoms in total. The van der Waals surface area contributed by atoms with Crippen LogP contribution in [0.15, 0.2) is 30.3 Å². The lowest BCUT2D eigenvalue weighted by Gasteiger charge is -2.39. The highest BCUT2D eigenvalue weighted by Gasteiger charge is 2.36. The third-order valence-corrected chi connectivity index (χ3v) is 5.34. The lowest BCUT2D eigenvalue weighted by atomic mass is 9.89. The van der Waals surface area contributed by atoms with E-state index in [1.807, 2.05) is 42.2 Å². The van der Waals surface area contributed by atoms with Gasteiger partial charge in [0.05, 0.1) is 13.2 Å². The van der Waals surface area contributed by atoms with Crippen LogP contribution >= 0.6 is 0 Å². The van der Waals surface area contributed by atoms with Crippen molar-refractivity contribution < 1.29 is 9.53 Å². The molecule has 2 aliphatic rings. The van der Waals surface area contributed by atoms with Crippen LogP contribution in [0.1, 0.15) is 25.3 Å². The molecule has 1 aromatic rings. The summed E-state index contributed by atoms with van der Waals surface area (Å²) < 4.78 is 5.41. The fourth-order valence-electron chi connectivity index (χ4n) is 3.70. The molecule has 1 amide bonds. The molecule has 2 heterocycles. The summed E-state index contributed by atoms with van der Waals surface area (Å²) in [5.41, 5.74) is 6.32. The molecule has 0 aliphatic carbocycles. The van der Waals surface area contributed by atoms with Gasteiger partial charge in [0.2, 0.25) is 5.91 Å². The summed E-state index contributed by atoms with van der Waals surface area (Å²) in [6, 6.07) is 9.68. The Labute approximate surface area is 144 Å². The first-order valence-electron chi connectivity index (χ1n) is 9.01. The van der Waals surface area contributed by atoms with Crippen LogP contribution in [-0.2, 0) is 15.1 Å². The number of carbonyl (C=O) groups is 1. The van der Waals surface area contributed by atoms with Crippen LogP contribution < -0.4 is 5.73 Å². The number of rotatable bonds is 4. The number of benzene rings is 1. The molecule has 1 atom stereocenters. The van der Waals surface area contributed by atoms with Gasteiger partial charge >= 0.3 is 0 Å². The Morgan fingerprint density at radius 2 is 1.79 bits per heavy atom. The van der Waals surface area contributed by atoms with E-state index in [2.05, 4.69) is 4.90 Å². The first-order chi connectivity index (χ1) is 11.6. The highest BCUT2D eigenvalue weighted by molar-refractivity contribution is 5.87. The number of nitrogens with zero attached hydrogens (tertiary/aromatic N) is 2. The smallest absolute Gasteiger partial charge is 0.246 e. The minimum atomic E-state index is -0.946. The Morgan fingerprint density at radius 3 is 2.42 bits per heavy atom. The van der Waals surface area contributed by atoms with Gasteiger partial charge in [-0.15, -0.1) is 0 Å². The third kappa shape index (κ3) is 3.97. The molecule has 2 saturated heterocycles. The summed E-state index contributed by atoms with van der Waals surface area (Å²) in [6.45, 7) is 8.34. The minimum Gasteiger partial charge on any atom is -0.379 e. The fourth-order valence-corrected chi connectivity index (χ4v) is 3.70.